The molecule has 2 heterocycles. The number of fused-ring (bicyclic) bond motifs is 3. The van der Waals surface area contributed by atoms with Crippen LogP contribution in [0, 0.1) is 5.82 Å². The number of carbonyl (C=O) groups is 2. The van der Waals surface area contributed by atoms with Crippen molar-refractivity contribution < 1.29 is 24.2 Å². The summed E-state index contributed by atoms with van der Waals surface area (Å²) in [7, 11) is 0. The van der Waals surface area contributed by atoms with E-state index in [-0.39, 0.29) is 11.2 Å². The number of aromatic nitrogens is 3. The number of halogens is 1. The predicted octanol–water partition coefficient (Wildman–Crippen LogP) is 0.889. The van der Waals surface area contributed by atoms with Gasteiger partial charge in [-0.1, -0.05) is 0 Å². The van der Waals surface area contributed by atoms with Gasteiger partial charge in [-0.2, -0.15) is 0 Å². The maximum atomic E-state index is 13.6. The Balaban J connectivity index is 2.39. The monoisotopic (exact) mass is 362 g/mol. The van der Waals surface area contributed by atoms with Gasteiger partial charge in [-0.25, -0.2) is 18.6 Å². The first-order valence-corrected chi connectivity index (χ1v) is 7.67. The summed E-state index contributed by atoms with van der Waals surface area (Å²) in [4.78, 5) is 39.8. The number of carbonyl (C=O) groups excluding carboxylic acids is 1. The molecule has 2 aromatic heterocycles. The molecule has 0 fully saturated rings. The lowest BCUT2D eigenvalue weighted by molar-refractivity contribution is -0.135. The molecule has 0 aliphatic rings. The summed E-state index contributed by atoms with van der Waals surface area (Å²) in [6.45, 7) is 2.62. The second-order valence-electron chi connectivity index (χ2n) is 5.92. The second-order valence-corrected chi connectivity index (χ2v) is 5.92. The Kier molecular flexibility index (Phi) is 4.10. The van der Waals surface area contributed by atoms with E-state index in [1.54, 1.807) is 13.8 Å². The molecule has 3 rings (SSSR count). The molecule has 3 aromatic rings. The maximum absolute atomic E-state index is 13.6. The van der Waals surface area contributed by atoms with Gasteiger partial charge in [0.15, 0.2) is 17.0 Å². The molecule has 3 N–H and O–H groups in total. The van der Waals surface area contributed by atoms with Gasteiger partial charge in [0.2, 0.25) is 0 Å². The number of aliphatic carboxylic acids is 1. The molecule has 136 valence electrons. The molecule has 0 aliphatic carbocycles. The number of amides is 1. The number of benzene rings is 1. The molecule has 0 spiro atoms. The van der Waals surface area contributed by atoms with Crippen LogP contribution in [-0.2, 0) is 4.79 Å². The molecule has 0 atom stereocenters. The normalized spacial score (nSPS) is 11.4. The molecule has 9 nitrogen and oxygen atoms in total. The van der Waals surface area contributed by atoms with Crippen LogP contribution in [-0.4, -0.2) is 42.8 Å². The van der Waals surface area contributed by atoms with Crippen LogP contribution < -0.4 is 10.9 Å². The van der Waals surface area contributed by atoms with E-state index in [2.05, 4.69) is 4.98 Å². The molecule has 0 aliphatic heterocycles. The largest absolute Gasteiger partial charge is 0.504 e. The fourth-order valence-electron chi connectivity index (χ4n) is 2.74. The zero-order chi connectivity index (χ0) is 19.2. The fraction of sp³-hybridized carbons (Fsp3) is 0.250. The standard InChI is InChI=1S/C16H15FN4O5/c1-7(2)20-16(26)12(15(25)18-6-11(22)23)13(24)14-19-9-4-3-8(17)5-10(9)21(14)20/h3-5,7,24H,6H2,1-2H3,(H,18,25)(H,22,23). The second kappa shape index (κ2) is 6.14. The third-order valence-corrected chi connectivity index (χ3v) is 3.80. The summed E-state index contributed by atoms with van der Waals surface area (Å²) < 4.78 is 16.0. The van der Waals surface area contributed by atoms with Gasteiger partial charge in [-0.05, 0) is 26.0 Å². The predicted molar refractivity (Wildman–Crippen MR) is 88.9 cm³/mol. The van der Waals surface area contributed by atoms with Crippen molar-refractivity contribution in [3.05, 3.63) is 39.9 Å². The first kappa shape index (κ1) is 17.4. The van der Waals surface area contributed by atoms with Crippen molar-refractivity contribution in [1.82, 2.24) is 19.5 Å². The highest BCUT2D eigenvalue weighted by Crippen LogP contribution is 2.26. The van der Waals surface area contributed by atoms with Gasteiger partial charge in [0.25, 0.3) is 11.5 Å². The summed E-state index contributed by atoms with van der Waals surface area (Å²) in [6.07, 6.45) is 0. The molecule has 1 amide bonds. The molecular weight excluding hydrogens is 347 g/mol. The van der Waals surface area contributed by atoms with Crippen molar-refractivity contribution in [3.63, 3.8) is 0 Å². The molecule has 10 heteroatoms. The summed E-state index contributed by atoms with van der Waals surface area (Å²) in [5.41, 5.74) is -1.02. The van der Waals surface area contributed by atoms with E-state index in [1.807, 2.05) is 5.32 Å². The van der Waals surface area contributed by atoms with E-state index in [1.165, 1.54) is 16.6 Å². The molecule has 0 saturated carbocycles. The fourth-order valence-corrected chi connectivity index (χ4v) is 2.74. The summed E-state index contributed by atoms with van der Waals surface area (Å²) in [5.74, 6) is -3.59. The van der Waals surface area contributed by atoms with Gasteiger partial charge in [-0.3, -0.25) is 14.4 Å². The Hall–Kier alpha value is -3.43. The first-order valence-electron chi connectivity index (χ1n) is 7.67. The van der Waals surface area contributed by atoms with E-state index in [4.69, 9.17) is 5.11 Å². The van der Waals surface area contributed by atoms with Gasteiger partial charge in [-0.15, -0.1) is 0 Å². The van der Waals surface area contributed by atoms with Crippen LogP contribution in [0.5, 0.6) is 5.75 Å². The van der Waals surface area contributed by atoms with Gasteiger partial charge < -0.3 is 15.5 Å². The number of nitrogens with zero attached hydrogens (tertiary/aromatic N) is 3. The minimum atomic E-state index is -1.30. The van der Waals surface area contributed by atoms with Crippen LogP contribution in [0.15, 0.2) is 23.0 Å². The molecule has 0 bridgehead atoms. The Bertz CT molecular complexity index is 1120. The maximum Gasteiger partial charge on any atom is 0.322 e. The topological polar surface area (TPSA) is 126 Å². The van der Waals surface area contributed by atoms with Crippen LogP contribution in [0.4, 0.5) is 4.39 Å². The van der Waals surface area contributed by atoms with E-state index in [0.29, 0.717) is 5.52 Å². The third-order valence-electron chi connectivity index (χ3n) is 3.80. The first-order chi connectivity index (χ1) is 12.2. The van der Waals surface area contributed by atoms with E-state index in [0.717, 1.165) is 10.7 Å². The van der Waals surface area contributed by atoms with Crippen molar-refractivity contribution in [3.8, 4) is 5.75 Å². The summed E-state index contributed by atoms with van der Waals surface area (Å²) in [6, 6.07) is 3.27. The number of nitrogens with one attached hydrogen (secondary N) is 1. The summed E-state index contributed by atoms with van der Waals surface area (Å²) >= 11 is 0. The number of carboxylic acid groups (broad SMARTS) is 1. The number of rotatable bonds is 4. The van der Waals surface area contributed by atoms with Crippen molar-refractivity contribution in [2.24, 2.45) is 0 Å². The zero-order valence-electron chi connectivity index (χ0n) is 13.9. The van der Waals surface area contributed by atoms with Crippen LogP contribution in [0.1, 0.15) is 30.2 Å². The Labute approximate surface area is 145 Å². The molecule has 0 saturated heterocycles. The lowest BCUT2D eigenvalue weighted by Gasteiger charge is -2.16. The van der Waals surface area contributed by atoms with Crippen molar-refractivity contribution >= 4 is 28.6 Å². The van der Waals surface area contributed by atoms with Crippen LogP contribution in [0.2, 0.25) is 0 Å². The summed E-state index contributed by atoms with van der Waals surface area (Å²) in [5, 5.41) is 21.2. The van der Waals surface area contributed by atoms with Crippen molar-refractivity contribution in [2.45, 2.75) is 19.9 Å². The SMILES string of the molecule is CC(C)n1c(=O)c(C(=O)NCC(=O)O)c(O)c2nc3ccc(F)cc3n21. The van der Waals surface area contributed by atoms with Gasteiger partial charge in [0.1, 0.15) is 12.4 Å². The highest BCUT2D eigenvalue weighted by Gasteiger charge is 2.26. The highest BCUT2D eigenvalue weighted by molar-refractivity contribution is 6.00. The quantitative estimate of drug-likeness (QED) is 0.633. The lowest BCUT2D eigenvalue weighted by Crippen LogP contribution is -2.38. The molecule has 26 heavy (non-hydrogen) atoms. The van der Waals surface area contributed by atoms with Crippen molar-refractivity contribution in [1.29, 1.82) is 0 Å². The van der Waals surface area contributed by atoms with Crippen LogP contribution in [0.25, 0.3) is 16.7 Å². The smallest absolute Gasteiger partial charge is 0.322 e. The Morgan fingerprint density at radius 3 is 2.65 bits per heavy atom. The number of carboxylic acids is 1. The number of imidazole rings is 1. The van der Waals surface area contributed by atoms with Crippen LogP contribution >= 0.6 is 0 Å². The van der Waals surface area contributed by atoms with E-state index < -0.39 is 47.2 Å². The minimum Gasteiger partial charge on any atom is -0.504 e. The number of hydrogen-bond acceptors (Lipinski definition) is 5. The average molecular weight is 362 g/mol. The Morgan fingerprint density at radius 1 is 1.35 bits per heavy atom. The minimum absolute atomic E-state index is 0.112. The third kappa shape index (κ3) is 2.65. The zero-order valence-corrected chi connectivity index (χ0v) is 13.9. The highest BCUT2D eigenvalue weighted by atomic mass is 19.1. The molecule has 0 unspecified atom stereocenters. The van der Waals surface area contributed by atoms with Crippen molar-refractivity contribution in [2.75, 3.05) is 6.54 Å². The van der Waals surface area contributed by atoms with Crippen LogP contribution in [0.3, 0.4) is 0 Å². The van der Waals surface area contributed by atoms with Gasteiger partial charge >= 0.3 is 5.97 Å². The van der Waals surface area contributed by atoms with E-state index in [9.17, 15) is 23.9 Å². The number of aromatic hydroxyl groups is 1. The van der Waals surface area contributed by atoms with E-state index >= 15 is 0 Å². The number of hydrogen-bond donors (Lipinski definition) is 3. The lowest BCUT2D eigenvalue weighted by atomic mass is 10.2. The molecular formula is C16H15FN4O5. The van der Waals surface area contributed by atoms with Gasteiger partial charge in [0.05, 0.1) is 11.0 Å². The van der Waals surface area contributed by atoms with Gasteiger partial charge in [0, 0.05) is 12.1 Å². The molecule has 0 radical (unpaired) electrons. The molecule has 1 aromatic carbocycles. The Morgan fingerprint density at radius 2 is 2.04 bits per heavy atom. The average Bonchev–Trinajstić information content (AvgIpc) is 2.91.